The van der Waals surface area contributed by atoms with E-state index in [2.05, 4.69) is 4.74 Å². The highest BCUT2D eigenvalue weighted by Gasteiger charge is 2.21. The lowest BCUT2D eigenvalue weighted by molar-refractivity contribution is -0.139. The molecule has 5 nitrogen and oxygen atoms in total. The van der Waals surface area contributed by atoms with E-state index in [9.17, 15) is 14.7 Å². The highest BCUT2D eigenvalue weighted by Crippen LogP contribution is 2.29. The molecule has 1 N–H and O–H groups in total. The number of carbonyl (C=O) groups is 2. The minimum Gasteiger partial charge on any atom is -0.508 e. The van der Waals surface area contributed by atoms with Crippen molar-refractivity contribution in [2.24, 2.45) is 7.05 Å². The zero-order valence-corrected chi connectivity index (χ0v) is 11.1. The summed E-state index contributed by atoms with van der Waals surface area (Å²) in [6.45, 7) is 1.81. The summed E-state index contributed by atoms with van der Waals surface area (Å²) in [6.07, 6.45) is -0.299. The van der Waals surface area contributed by atoms with Crippen LogP contribution in [0.15, 0.2) is 18.2 Å². The van der Waals surface area contributed by atoms with Gasteiger partial charge in [0.2, 0.25) is 0 Å². The van der Waals surface area contributed by atoms with Crippen molar-refractivity contribution in [3.63, 3.8) is 0 Å². The lowest BCUT2D eigenvalue weighted by Gasteiger charge is -2.01. The van der Waals surface area contributed by atoms with Crippen molar-refractivity contribution in [1.82, 2.24) is 4.57 Å². The summed E-state index contributed by atoms with van der Waals surface area (Å²) in [6, 6.07) is 4.84. The third-order valence-electron chi connectivity index (χ3n) is 3.29. The SMILES string of the molecule is COC(=O)CC(=O)c1c(C)n(C)c2ccc(O)cc12. The fourth-order valence-electron chi connectivity index (χ4n) is 2.20. The van der Waals surface area contributed by atoms with Crippen LogP contribution in [0.4, 0.5) is 0 Å². The molecule has 0 fully saturated rings. The van der Waals surface area contributed by atoms with Crippen LogP contribution < -0.4 is 0 Å². The van der Waals surface area contributed by atoms with E-state index < -0.39 is 5.97 Å². The molecule has 0 aliphatic carbocycles. The number of aryl methyl sites for hydroxylation is 1. The molecule has 0 radical (unpaired) electrons. The van der Waals surface area contributed by atoms with Gasteiger partial charge in [-0.25, -0.2) is 0 Å². The van der Waals surface area contributed by atoms with Crippen molar-refractivity contribution >= 4 is 22.7 Å². The number of hydrogen-bond donors (Lipinski definition) is 1. The number of aromatic hydroxyl groups is 1. The predicted molar refractivity (Wildman–Crippen MR) is 70.3 cm³/mol. The molecule has 0 atom stereocenters. The van der Waals surface area contributed by atoms with Crippen LogP contribution in [-0.4, -0.2) is 28.5 Å². The maximum absolute atomic E-state index is 12.2. The van der Waals surface area contributed by atoms with Crippen LogP contribution in [0.3, 0.4) is 0 Å². The second-order valence-corrected chi connectivity index (χ2v) is 4.40. The number of phenols is 1. The summed E-state index contributed by atoms with van der Waals surface area (Å²) in [5, 5.41) is 10.2. The van der Waals surface area contributed by atoms with Crippen LogP contribution in [0.5, 0.6) is 5.75 Å². The molecule has 19 heavy (non-hydrogen) atoms. The second kappa shape index (κ2) is 4.76. The van der Waals surface area contributed by atoms with Gasteiger partial charge in [0.15, 0.2) is 5.78 Å². The van der Waals surface area contributed by atoms with E-state index in [-0.39, 0.29) is 18.0 Å². The van der Waals surface area contributed by atoms with Gasteiger partial charge in [0, 0.05) is 29.2 Å². The number of methoxy groups -OCH3 is 1. The highest BCUT2D eigenvalue weighted by atomic mass is 16.5. The Morgan fingerprint density at radius 1 is 1.37 bits per heavy atom. The highest BCUT2D eigenvalue weighted by molar-refractivity contribution is 6.14. The van der Waals surface area contributed by atoms with Crippen LogP contribution >= 0.6 is 0 Å². The molecule has 0 aliphatic rings. The first-order valence-corrected chi connectivity index (χ1v) is 5.83. The van der Waals surface area contributed by atoms with E-state index in [1.807, 2.05) is 18.5 Å². The molecule has 0 aliphatic heterocycles. The Labute approximate surface area is 110 Å². The number of Topliss-reactive ketones (excluding diaryl/α,β-unsaturated/α-hetero) is 1. The number of benzene rings is 1. The van der Waals surface area contributed by atoms with Gasteiger partial charge in [-0.2, -0.15) is 0 Å². The quantitative estimate of drug-likeness (QED) is 0.521. The molecule has 2 aromatic rings. The Hall–Kier alpha value is -2.30. The summed E-state index contributed by atoms with van der Waals surface area (Å²) < 4.78 is 6.37. The van der Waals surface area contributed by atoms with E-state index in [0.717, 1.165) is 11.2 Å². The molecule has 0 bridgehead atoms. The minimum atomic E-state index is -0.568. The van der Waals surface area contributed by atoms with E-state index >= 15 is 0 Å². The number of phenolic OH excluding ortho intramolecular Hbond substituents is 1. The minimum absolute atomic E-state index is 0.0882. The van der Waals surface area contributed by atoms with Crippen molar-refractivity contribution in [2.75, 3.05) is 7.11 Å². The number of ketones is 1. The first-order chi connectivity index (χ1) is 8.95. The lowest BCUT2D eigenvalue weighted by atomic mass is 10.0. The number of fused-ring (bicyclic) bond motifs is 1. The van der Waals surface area contributed by atoms with Gasteiger partial charge >= 0.3 is 5.97 Å². The molecular weight excluding hydrogens is 246 g/mol. The van der Waals surface area contributed by atoms with Crippen LogP contribution in [0.2, 0.25) is 0 Å². The van der Waals surface area contributed by atoms with E-state index in [4.69, 9.17) is 0 Å². The van der Waals surface area contributed by atoms with Crippen molar-refractivity contribution in [3.8, 4) is 5.75 Å². The Morgan fingerprint density at radius 3 is 2.68 bits per heavy atom. The van der Waals surface area contributed by atoms with E-state index in [1.165, 1.54) is 13.2 Å². The van der Waals surface area contributed by atoms with Gasteiger partial charge in [-0.3, -0.25) is 9.59 Å². The number of hydrogen-bond acceptors (Lipinski definition) is 4. The lowest BCUT2D eigenvalue weighted by Crippen LogP contribution is -2.10. The topological polar surface area (TPSA) is 68.5 Å². The second-order valence-electron chi connectivity index (χ2n) is 4.40. The van der Waals surface area contributed by atoms with Gasteiger partial charge in [0.1, 0.15) is 12.2 Å². The van der Waals surface area contributed by atoms with Gasteiger partial charge in [0.05, 0.1) is 7.11 Å². The molecule has 0 saturated heterocycles. The molecular formula is C14H15NO4. The van der Waals surface area contributed by atoms with E-state index in [0.29, 0.717) is 10.9 Å². The molecule has 0 unspecified atom stereocenters. The number of aromatic nitrogens is 1. The molecule has 1 heterocycles. The maximum atomic E-state index is 12.2. The summed E-state index contributed by atoms with van der Waals surface area (Å²) in [7, 11) is 3.08. The van der Waals surface area contributed by atoms with Gasteiger partial charge in [-0.1, -0.05) is 0 Å². The number of rotatable bonds is 3. The number of carbonyl (C=O) groups excluding carboxylic acids is 2. The van der Waals surface area contributed by atoms with E-state index in [1.54, 1.807) is 12.1 Å². The third-order valence-corrected chi connectivity index (χ3v) is 3.29. The van der Waals surface area contributed by atoms with Crippen LogP contribution in [0.1, 0.15) is 22.5 Å². The average molecular weight is 261 g/mol. The Kier molecular flexibility index (Phi) is 3.29. The summed E-state index contributed by atoms with van der Waals surface area (Å²) in [5.41, 5.74) is 2.05. The maximum Gasteiger partial charge on any atom is 0.313 e. The third kappa shape index (κ3) is 2.19. The van der Waals surface area contributed by atoms with Crippen molar-refractivity contribution in [3.05, 3.63) is 29.5 Å². The Bertz CT molecular complexity index is 670. The Balaban J connectivity index is 2.59. The molecule has 0 saturated carbocycles. The Morgan fingerprint density at radius 2 is 2.05 bits per heavy atom. The first kappa shape index (κ1) is 13.1. The molecule has 1 aromatic heterocycles. The standard InChI is InChI=1S/C14H15NO4/c1-8-14(12(17)7-13(18)19-3)10-6-9(16)4-5-11(10)15(8)2/h4-6,16H,7H2,1-3H3. The van der Waals surface area contributed by atoms with Gasteiger partial charge in [-0.05, 0) is 25.1 Å². The number of ether oxygens (including phenoxy) is 1. The molecule has 100 valence electrons. The zero-order chi connectivity index (χ0) is 14.2. The smallest absolute Gasteiger partial charge is 0.313 e. The van der Waals surface area contributed by atoms with Crippen LogP contribution in [0.25, 0.3) is 10.9 Å². The number of nitrogens with zero attached hydrogens (tertiary/aromatic N) is 1. The van der Waals surface area contributed by atoms with Gasteiger partial charge in [-0.15, -0.1) is 0 Å². The number of esters is 1. The molecule has 5 heteroatoms. The normalized spacial score (nSPS) is 10.7. The van der Waals surface area contributed by atoms with Crippen molar-refractivity contribution in [1.29, 1.82) is 0 Å². The first-order valence-electron chi connectivity index (χ1n) is 5.83. The van der Waals surface area contributed by atoms with Crippen LogP contribution in [-0.2, 0) is 16.6 Å². The molecule has 0 amide bonds. The molecule has 2 rings (SSSR count). The fraction of sp³-hybridized carbons (Fsp3) is 0.286. The average Bonchev–Trinajstić information content (AvgIpc) is 2.61. The summed E-state index contributed by atoms with van der Waals surface area (Å²) in [5.74, 6) is -0.785. The predicted octanol–water partition coefficient (Wildman–Crippen LogP) is 1.94. The fourth-order valence-corrected chi connectivity index (χ4v) is 2.20. The van der Waals surface area contributed by atoms with Crippen molar-refractivity contribution < 1.29 is 19.4 Å². The van der Waals surface area contributed by atoms with Crippen LogP contribution in [0, 0.1) is 6.92 Å². The van der Waals surface area contributed by atoms with Crippen molar-refractivity contribution in [2.45, 2.75) is 13.3 Å². The molecule has 1 aromatic carbocycles. The monoisotopic (exact) mass is 261 g/mol. The summed E-state index contributed by atoms with van der Waals surface area (Å²) in [4.78, 5) is 23.4. The summed E-state index contributed by atoms with van der Waals surface area (Å²) >= 11 is 0. The van der Waals surface area contributed by atoms with Gasteiger partial charge in [0.25, 0.3) is 0 Å². The molecule has 0 spiro atoms. The zero-order valence-electron chi connectivity index (χ0n) is 11.1. The largest absolute Gasteiger partial charge is 0.508 e. The van der Waals surface area contributed by atoms with Gasteiger partial charge < -0.3 is 14.4 Å².